The molecule has 5 heteroatoms. The number of thiazole rings is 1. The molecule has 90 valence electrons. The van der Waals surface area contributed by atoms with E-state index in [1.807, 2.05) is 19.2 Å². The number of rotatable bonds is 6. The highest BCUT2D eigenvalue weighted by Crippen LogP contribution is 2.11. The van der Waals surface area contributed by atoms with Crippen molar-refractivity contribution in [3.8, 4) is 0 Å². The molecule has 0 saturated heterocycles. The maximum atomic E-state index is 11.4. The number of ether oxygens (including phenoxy) is 2. The maximum absolute atomic E-state index is 11.4. The Labute approximate surface area is 99.6 Å². The molecule has 1 heterocycles. The molecule has 0 amide bonds. The Morgan fingerprint density at radius 1 is 1.56 bits per heavy atom. The highest BCUT2D eigenvalue weighted by Gasteiger charge is 2.14. The summed E-state index contributed by atoms with van der Waals surface area (Å²) in [6, 6.07) is 0. The van der Waals surface area contributed by atoms with E-state index in [4.69, 9.17) is 9.47 Å². The lowest BCUT2D eigenvalue weighted by atomic mass is 10.4. The monoisotopic (exact) mass is 243 g/mol. The fraction of sp³-hybridized carbons (Fsp3) is 0.636. The van der Waals surface area contributed by atoms with Crippen molar-refractivity contribution in [2.24, 2.45) is 0 Å². The van der Waals surface area contributed by atoms with E-state index in [0.717, 1.165) is 17.1 Å². The Bertz CT molecular complexity index is 338. The summed E-state index contributed by atoms with van der Waals surface area (Å²) in [6.07, 6.45) is 0.405. The fourth-order valence-electron chi connectivity index (χ4n) is 1.16. The average molecular weight is 243 g/mol. The highest BCUT2D eigenvalue weighted by molar-refractivity contribution is 7.09. The molecule has 0 aliphatic heterocycles. The minimum Gasteiger partial charge on any atom is -0.457 e. The van der Waals surface area contributed by atoms with E-state index in [9.17, 15) is 4.79 Å². The third-order valence-electron chi connectivity index (χ3n) is 2.01. The summed E-state index contributed by atoms with van der Waals surface area (Å²) in [5.41, 5.74) is 0.805. The molecule has 0 aliphatic rings. The summed E-state index contributed by atoms with van der Waals surface area (Å²) in [5, 5.41) is 2.97. The van der Waals surface area contributed by atoms with Crippen molar-refractivity contribution in [2.75, 3.05) is 6.61 Å². The number of aromatic nitrogens is 1. The van der Waals surface area contributed by atoms with Gasteiger partial charge in [0.1, 0.15) is 6.61 Å². The van der Waals surface area contributed by atoms with Crippen LogP contribution in [0.1, 0.15) is 31.5 Å². The summed E-state index contributed by atoms with van der Waals surface area (Å²) >= 11 is 1.59. The molecule has 0 radical (unpaired) electrons. The fourth-order valence-corrected chi connectivity index (χ4v) is 1.89. The van der Waals surface area contributed by atoms with Gasteiger partial charge in [-0.1, -0.05) is 6.92 Å². The van der Waals surface area contributed by atoms with Crippen LogP contribution in [-0.4, -0.2) is 23.7 Å². The second-order valence-corrected chi connectivity index (χ2v) is 4.23. The van der Waals surface area contributed by atoms with Crippen LogP contribution in [0.25, 0.3) is 0 Å². The van der Waals surface area contributed by atoms with Crippen LogP contribution in [0.15, 0.2) is 5.38 Å². The van der Waals surface area contributed by atoms with Crippen LogP contribution in [-0.2, 0) is 27.3 Å². The minimum absolute atomic E-state index is 0.229. The summed E-state index contributed by atoms with van der Waals surface area (Å²) in [6.45, 7) is 6.31. The Morgan fingerprint density at radius 3 is 2.88 bits per heavy atom. The van der Waals surface area contributed by atoms with Crippen LogP contribution < -0.4 is 0 Å². The van der Waals surface area contributed by atoms with E-state index < -0.39 is 6.10 Å². The predicted molar refractivity (Wildman–Crippen MR) is 62.4 cm³/mol. The van der Waals surface area contributed by atoms with Crippen molar-refractivity contribution in [3.63, 3.8) is 0 Å². The third-order valence-corrected chi connectivity index (χ3v) is 3.05. The van der Waals surface area contributed by atoms with Gasteiger partial charge in [0.15, 0.2) is 6.10 Å². The number of carbonyl (C=O) groups is 1. The minimum atomic E-state index is -0.505. The van der Waals surface area contributed by atoms with Crippen LogP contribution in [0.2, 0.25) is 0 Å². The number of nitrogens with zero attached hydrogens (tertiary/aromatic N) is 1. The summed E-state index contributed by atoms with van der Waals surface area (Å²) in [7, 11) is 0. The maximum Gasteiger partial charge on any atom is 0.335 e. The van der Waals surface area contributed by atoms with Crippen molar-refractivity contribution in [1.29, 1.82) is 0 Å². The normalized spacial score (nSPS) is 12.4. The van der Waals surface area contributed by atoms with Crippen molar-refractivity contribution < 1.29 is 14.3 Å². The molecule has 1 atom stereocenters. The molecule has 0 fully saturated rings. The van der Waals surface area contributed by atoms with Crippen LogP contribution >= 0.6 is 11.3 Å². The second-order valence-electron chi connectivity index (χ2n) is 3.29. The van der Waals surface area contributed by atoms with Gasteiger partial charge in [-0.05, 0) is 20.3 Å². The topological polar surface area (TPSA) is 48.4 Å². The molecule has 0 aromatic carbocycles. The predicted octanol–water partition coefficient (Wildman–Crippen LogP) is 2.17. The summed E-state index contributed by atoms with van der Waals surface area (Å²) in [4.78, 5) is 15.7. The van der Waals surface area contributed by atoms with E-state index in [0.29, 0.717) is 6.61 Å². The molecule has 0 bridgehead atoms. The Morgan fingerprint density at radius 2 is 2.31 bits per heavy atom. The van der Waals surface area contributed by atoms with E-state index in [-0.39, 0.29) is 12.6 Å². The molecule has 1 unspecified atom stereocenters. The Kier molecular flexibility index (Phi) is 5.42. The first-order valence-corrected chi connectivity index (χ1v) is 6.26. The second kappa shape index (κ2) is 6.60. The van der Waals surface area contributed by atoms with Crippen molar-refractivity contribution in [3.05, 3.63) is 16.1 Å². The van der Waals surface area contributed by atoms with Crippen LogP contribution in [0, 0.1) is 0 Å². The standard InChI is InChI=1S/C11H17NO3S/c1-4-10-12-9(7-16-10)6-15-11(13)8(3)14-5-2/h7-8H,4-6H2,1-3H3. The molecule has 4 nitrogen and oxygen atoms in total. The average Bonchev–Trinajstić information content (AvgIpc) is 2.74. The SMILES string of the molecule is CCOC(C)C(=O)OCc1csc(CC)n1. The quantitative estimate of drug-likeness (QED) is 0.718. The van der Waals surface area contributed by atoms with Crippen LogP contribution in [0.4, 0.5) is 0 Å². The first-order valence-electron chi connectivity index (χ1n) is 5.38. The van der Waals surface area contributed by atoms with Crippen molar-refractivity contribution >= 4 is 17.3 Å². The molecular weight excluding hydrogens is 226 g/mol. The molecule has 1 aromatic rings. The third kappa shape index (κ3) is 3.90. The lowest BCUT2D eigenvalue weighted by Crippen LogP contribution is -2.23. The number of carbonyl (C=O) groups excluding carboxylic acids is 1. The van der Waals surface area contributed by atoms with Gasteiger partial charge < -0.3 is 9.47 Å². The van der Waals surface area contributed by atoms with Gasteiger partial charge in [-0.3, -0.25) is 0 Å². The Hall–Kier alpha value is -0.940. The molecule has 1 aromatic heterocycles. The van der Waals surface area contributed by atoms with Gasteiger partial charge in [0.2, 0.25) is 0 Å². The smallest absolute Gasteiger partial charge is 0.335 e. The van der Waals surface area contributed by atoms with Gasteiger partial charge in [-0.2, -0.15) is 0 Å². The zero-order valence-electron chi connectivity index (χ0n) is 9.86. The zero-order chi connectivity index (χ0) is 12.0. The van der Waals surface area contributed by atoms with E-state index in [1.54, 1.807) is 18.3 Å². The first kappa shape index (κ1) is 13.1. The molecule has 0 saturated carbocycles. The van der Waals surface area contributed by atoms with Gasteiger partial charge in [0.25, 0.3) is 0 Å². The van der Waals surface area contributed by atoms with E-state index >= 15 is 0 Å². The lowest BCUT2D eigenvalue weighted by Gasteiger charge is -2.10. The number of hydrogen-bond donors (Lipinski definition) is 0. The molecule has 0 aliphatic carbocycles. The Balaban J connectivity index is 2.36. The van der Waals surface area contributed by atoms with E-state index in [1.165, 1.54) is 0 Å². The van der Waals surface area contributed by atoms with E-state index in [2.05, 4.69) is 4.98 Å². The van der Waals surface area contributed by atoms with Gasteiger partial charge in [0.05, 0.1) is 10.7 Å². The molecule has 1 rings (SSSR count). The van der Waals surface area contributed by atoms with Gasteiger partial charge >= 0.3 is 5.97 Å². The van der Waals surface area contributed by atoms with Crippen molar-refractivity contribution in [1.82, 2.24) is 4.98 Å². The lowest BCUT2D eigenvalue weighted by molar-refractivity contribution is -0.157. The van der Waals surface area contributed by atoms with Crippen molar-refractivity contribution in [2.45, 2.75) is 39.9 Å². The van der Waals surface area contributed by atoms with Gasteiger partial charge in [-0.25, -0.2) is 9.78 Å². The molecule has 16 heavy (non-hydrogen) atoms. The highest BCUT2D eigenvalue weighted by atomic mass is 32.1. The van der Waals surface area contributed by atoms with Gasteiger partial charge in [-0.15, -0.1) is 11.3 Å². The number of hydrogen-bond acceptors (Lipinski definition) is 5. The molecule has 0 N–H and O–H groups in total. The summed E-state index contributed by atoms with van der Waals surface area (Å²) < 4.78 is 10.2. The first-order chi connectivity index (χ1) is 7.67. The molecule has 0 spiro atoms. The van der Waals surface area contributed by atoms with Crippen LogP contribution in [0.3, 0.4) is 0 Å². The van der Waals surface area contributed by atoms with Crippen LogP contribution in [0.5, 0.6) is 0 Å². The summed E-state index contributed by atoms with van der Waals surface area (Å²) in [5.74, 6) is -0.340. The molecular formula is C11H17NO3S. The zero-order valence-corrected chi connectivity index (χ0v) is 10.7. The number of aryl methyl sites for hydroxylation is 1. The largest absolute Gasteiger partial charge is 0.457 e. The van der Waals surface area contributed by atoms with Gasteiger partial charge in [0, 0.05) is 12.0 Å². The number of esters is 1.